The van der Waals surface area contributed by atoms with E-state index < -0.39 is 6.04 Å². The molecule has 5 rings (SSSR count). The van der Waals surface area contributed by atoms with Crippen LogP contribution in [0.25, 0.3) is 0 Å². The monoisotopic (exact) mass is 427 g/mol. The summed E-state index contributed by atoms with van der Waals surface area (Å²) < 4.78 is 20.5. The lowest BCUT2D eigenvalue weighted by atomic mass is 9.98. The summed E-state index contributed by atoms with van der Waals surface area (Å²) in [4.78, 5) is 17.3. The number of amides is 1. The summed E-state index contributed by atoms with van der Waals surface area (Å²) in [6, 6.07) is 7.18. The molecule has 31 heavy (non-hydrogen) atoms. The van der Waals surface area contributed by atoms with Gasteiger partial charge in [0, 0.05) is 44.3 Å². The van der Waals surface area contributed by atoms with Crippen LogP contribution in [-0.4, -0.2) is 74.4 Å². The van der Waals surface area contributed by atoms with E-state index in [9.17, 15) is 14.4 Å². The molecular weight excluding hydrogens is 397 g/mol. The van der Waals surface area contributed by atoms with Crippen molar-refractivity contribution in [3.63, 3.8) is 0 Å². The Morgan fingerprint density at radius 3 is 3.00 bits per heavy atom. The van der Waals surface area contributed by atoms with E-state index in [-0.39, 0.29) is 24.2 Å². The molecule has 3 heterocycles. The van der Waals surface area contributed by atoms with E-state index in [2.05, 4.69) is 26.5 Å². The van der Waals surface area contributed by atoms with Gasteiger partial charge in [0.25, 0.3) is 0 Å². The highest BCUT2D eigenvalue weighted by molar-refractivity contribution is 5.83. The van der Waals surface area contributed by atoms with Crippen LogP contribution in [0, 0.1) is 23.1 Å². The molecule has 7 nitrogen and oxygen atoms in total. The van der Waals surface area contributed by atoms with Crippen molar-refractivity contribution < 1.29 is 13.9 Å². The van der Waals surface area contributed by atoms with E-state index in [0.717, 1.165) is 64.3 Å². The molecule has 0 radical (unpaired) electrons. The fourth-order valence-electron chi connectivity index (χ4n) is 5.64. The van der Waals surface area contributed by atoms with Gasteiger partial charge in [0.2, 0.25) is 5.91 Å². The highest BCUT2D eigenvalue weighted by Gasteiger charge is 2.43. The number of hydrogen-bond acceptors (Lipinski definition) is 6. The second-order valence-electron chi connectivity index (χ2n) is 9.30. The molecular formula is C23H30FN5O2. The number of carbonyl (C=O) groups is 1. The lowest BCUT2D eigenvalue weighted by Gasteiger charge is -2.44. The normalized spacial score (nSPS) is 31.2. The number of rotatable bonds is 5. The quantitative estimate of drug-likeness (QED) is 0.731. The van der Waals surface area contributed by atoms with Gasteiger partial charge in [0.05, 0.1) is 31.4 Å². The van der Waals surface area contributed by atoms with Gasteiger partial charge in [-0.2, -0.15) is 5.26 Å². The van der Waals surface area contributed by atoms with Crippen molar-refractivity contribution >= 4 is 11.6 Å². The third-order valence-electron chi connectivity index (χ3n) is 7.38. The molecule has 1 aromatic rings. The molecule has 4 fully saturated rings. The molecule has 1 saturated carbocycles. The van der Waals surface area contributed by atoms with Gasteiger partial charge in [-0.3, -0.25) is 9.69 Å². The molecule has 8 heteroatoms. The number of anilines is 1. The van der Waals surface area contributed by atoms with Gasteiger partial charge in [-0.05, 0) is 42.9 Å². The zero-order valence-electron chi connectivity index (χ0n) is 17.7. The van der Waals surface area contributed by atoms with Gasteiger partial charge in [-0.25, -0.2) is 4.39 Å². The van der Waals surface area contributed by atoms with Gasteiger partial charge in [0.15, 0.2) is 0 Å². The number of benzene rings is 1. The Kier molecular flexibility index (Phi) is 5.83. The van der Waals surface area contributed by atoms with E-state index in [1.54, 1.807) is 12.1 Å². The van der Waals surface area contributed by atoms with Crippen molar-refractivity contribution in [2.75, 3.05) is 44.3 Å². The summed E-state index contributed by atoms with van der Waals surface area (Å²) in [6.45, 7) is 5.11. The molecule has 0 aromatic heterocycles. The maximum atomic E-state index is 14.9. The Morgan fingerprint density at radius 2 is 2.26 bits per heavy atom. The van der Waals surface area contributed by atoms with Gasteiger partial charge < -0.3 is 20.3 Å². The average Bonchev–Trinajstić information content (AvgIpc) is 3.43. The van der Waals surface area contributed by atoms with E-state index in [0.29, 0.717) is 23.6 Å². The maximum absolute atomic E-state index is 14.9. The molecule has 1 aliphatic carbocycles. The van der Waals surface area contributed by atoms with Crippen LogP contribution in [0.3, 0.4) is 0 Å². The average molecular weight is 428 g/mol. The van der Waals surface area contributed by atoms with Crippen molar-refractivity contribution in [2.24, 2.45) is 5.92 Å². The fourth-order valence-corrected chi connectivity index (χ4v) is 5.64. The molecule has 1 aromatic carbocycles. The Morgan fingerprint density at radius 1 is 1.35 bits per heavy atom. The number of nitrogens with one attached hydrogen (secondary N) is 2. The first-order valence-corrected chi connectivity index (χ1v) is 11.4. The highest BCUT2D eigenvalue weighted by Crippen LogP contribution is 2.35. The van der Waals surface area contributed by atoms with Crippen LogP contribution in [0.2, 0.25) is 0 Å². The lowest BCUT2D eigenvalue weighted by molar-refractivity contribution is -0.124. The maximum Gasteiger partial charge on any atom is 0.238 e. The first-order valence-electron chi connectivity index (χ1n) is 11.4. The smallest absolute Gasteiger partial charge is 0.238 e. The van der Waals surface area contributed by atoms with Crippen LogP contribution in [0.15, 0.2) is 18.2 Å². The first-order chi connectivity index (χ1) is 15.1. The number of carbonyl (C=O) groups excluding carboxylic acids is 1. The molecule has 3 saturated heterocycles. The molecule has 2 N–H and O–H groups in total. The summed E-state index contributed by atoms with van der Waals surface area (Å²) in [5.74, 6) is -0.105. The molecule has 4 aliphatic rings. The third-order valence-corrected chi connectivity index (χ3v) is 7.38. The number of halogens is 1. The second kappa shape index (κ2) is 8.73. The van der Waals surface area contributed by atoms with Crippen LogP contribution < -0.4 is 15.5 Å². The molecule has 1 unspecified atom stereocenters. The Bertz CT molecular complexity index is 874. The third kappa shape index (κ3) is 4.27. The summed E-state index contributed by atoms with van der Waals surface area (Å²) in [7, 11) is 0. The van der Waals surface area contributed by atoms with Crippen molar-refractivity contribution in [3.8, 4) is 6.07 Å². The summed E-state index contributed by atoms with van der Waals surface area (Å²) in [5, 5.41) is 15.7. The predicted molar refractivity (Wildman–Crippen MR) is 114 cm³/mol. The Labute approximate surface area is 182 Å². The minimum Gasteiger partial charge on any atom is -0.378 e. The highest BCUT2D eigenvalue weighted by atomic mass is 19.1. The van der Waals surface area contributed by atoms with Crippen molar-refractivity contribution in [2.45, 2.75) is 49.9 Å². The van der Waals surface area contributed by atoms with E-state index in [1.165, 1.54) is 0 Å². The van der Waals surface area contributed by atoms with Crippen LogP contribution in [0.5, 0.6) is 0 Å². The van der Waals surface area contributed by atoms with E-state index in [4.69, 9.17) is 4.74 Å². The van der Waals surface area contributed by atoms with Gasteiger partial charge in [0.1, 0.15) is 11.9 Å². The minimum atomic E-state index is -0.739. The van der Waals surface area contributed by atoms with Crippen LogP contribution >= 0.6 is 0 Å². The number of nitrogens with zero attached hydrogens (tertiary/aromatic N) is 3. The largest absolute Gasteiger partial charge is 0.378 e. The molecule has 0 spiro atoms. The Hall–Kier alpha value is -2.21. The SMILES string of the molecule is N#C[C@H](Cc1ccc(N2CCN3CCOCC3C2)cc1F)NC(=O)[C@H]1N[C@@H]2CC[C@H]1C2. The zero-order valence-corrected chi connectivity index (χ0v) is 17.7. The number of morpholine rings is 1. The number of piperidine rings is 1. The summed E-state index contributed by atoms with van der Waals surface area (Å²) in [6.07, 6.45) is 3.38. The zero-order chi connectivity index (χ0) is 21.4. The van der Waals surface area contributed by atoms with E-state index >= 15 is 0 Å². The standard InChI is InChI=1S/C23H30FN5O2/c24-21-11-19(29-6-5-28-7-8-31-14-20(28)13-29)4-2-15(21)9-18(12-25)27-23(30)22-16-1-3-17(10-16)26-22/h2,4,11,16-18,20,22,26H,1,3,5-10,13-14H2,(H,27,30)/t16-,17+,18-,20?,22-/m0/s1. The predicted octanol–water partition coefficient (Wildman–Crippen LogP) is 1.04. The van der Waals surface area contributed by atoms with Gasteiger partial charge in [-0.15, -0.1) is 0 Å². The van der Waals surface area contributed by atoms with Crippen molar-refractivity contribution in [3.05, 3.63) is 29.6 Å². The lowest BCUT2D eigenvalue weighted by Crippen LogP contribution is -2.58. The van der Waals surface area contributed by atoms with Gasteiger partial charge >= 0.3 is 0 Å². The number of hydrogen-bond donors (Lipinski definition) is 2. The molecule has 2 bridgehead atoms. The number of fused-ring (bicyclic) bond motifs is 3. The molecule has 3 aliphatic heterocycles. The molecule has 5 atom stereocenters. The number of nitriles is 1. The minimum absolute atomic E-state index is 0.136. The van der Waals surface area contributed by atoms with Crippen LogP contribution in [-0.2, 0) is 16.0 Å². The first kappa shape index (κ1) is 20.7. The number of piperazine rings is 1. The van der Waals surface area contributed by atoms with Crippen LogP contribution in [0.1, 0.15) is 24.8 Å². The summed E-state index contributed by atoms with van der Waals surface area (Å²) in [5.41, 5.74) is 1.31. The van der Waals surface area contributed by atoms with Gasteiger partial charge in [-0.1, -0.05) is 6.07 Å². The van der Waals surface area contributed by atoms with Crippen molar-refractivity contribution in [1.29, 1.82) is 5.26 Å². The van der Waals surface area contributed by atoms with Crippen LogP contribution in [0.4, 0.5) is 10.1 Å². The molecule has 166 valence electrons. The topological polar surface area (TPSA) is 80.6 Å². The van der Waals surface area contributed by atoms with Crippen molar-refractivity contribution in [1.82, 2.24) is 15.5 Å². The van der Waals surface area contributed by atoms with E-state index in [1.807, 2.05) is 6.07 Å². The fraction of sp³-hybridized carbons (Fsp3) is 0.652. The summed E-state index contributed by atoms with van der Waals surface area (Å²) >= 11 is 0. The Balaban J connectivity index is 1.20. The number of ether oxygens (including phenoxy) is 1. The molecule has 1 amide bonds. The second-order valence-corrected chi connectivity index (χ2v) is 9.30.